The SMILES string of the molecule is C=C1C(=CC=C2CCC[C@]3(C)[C@@H]([C@H](C)C=C[C@H](O)C4(c5cc(CC)co5)CC4)CC[C@@H]23)C[C@@H](O)C[C@@H]1O. The van der Waals surface area contributed by atoms with Crippen LogP contribution < -0.4 is 0 Å². The Bertz CT molecular complexity index is 1090. The van der Waals surface area contributed by atoms with Crippen LogP contribution in [0, 0.1) is 23.2 Å². The van der Waals surface area contributed by atoms with E-state index >= 15 is 0 Å². The Kier molecular flexibility index (Phi) is 7.48. The summed E-state index contributed by atoms with van der Waals surface area (Å²) in [7, 11) is 0. The molecule has 4 aliphatic rings. The van der Waals surface area contributed by atoms with E-state index in [1.807, 2.05) is 6.26 Å². The van der Waals surface area contributed by atoms with E-state index < -0.39 is 18.3 Å². The highest BCUT2D eigenvalue weighted by Gasteiger charge is 2.53. The topological polar surface area (TPSA) is 73.8 Å². The molecule has 4 heteroatoms. The Morgan fingerprint density at radius 3 is 2.65 bits per heavy atom. The molecule has 0 amide bonds. The molecule has 4 saturated carbocycles. The van der Waals surface area contributed by atoms with Gasteiger partial charge in [-0.1, -0.05) is 57.2 Å². The van der Waals surface area contributed by atoms with Crippen LogP contribution in [0.15, 0.2) is 64.3 Å². The van der Waals surface area contributed by atoms with E-state index in [2.05, 4.69) is 57.7 Å². The molecule has 3 N–H and O–H groups in total. The van der Waals surface area contributed by atoms with Crippen molar-refractivity contribution in [3.63, 3.8) is 0 Å². The van der Waals surface area contributed by atoms with Gasteiger partial charge < -0.3 is 19.7 Å². The molecule has 4 aliphatic carbocycles. The van der Waals surface area contributed by atoms with Crippen molar-refractivity contribution < 1.29 is 19.7 Å². The van der Waals surface area contributed by atoms with Gasteiger partial charge in [0.25, 0.3) is 0 Å². The van der Waals surface area contributed by atoms with Crippen molar-refractivity contribution in [2.45, 2.75) is 109 Å². The number of allylic oxidation sites excluding steroid dienone is 4. The van der Waals surface area contributed by atoms with Gasteiger partial charge in [0.1, 0.15) is 5.76 Å². The summed E-state index contributed by atoms with van der Waals surface area (Å²) in [5, 5.41) is 31.5. The average molecular weight is 507 g/mol. The Balaban J connectivity index is 1.28. The summed E-state index contributed by atoms with van der Waals surface area (Å²) < 4.78 is 5.86. The average Bonchev–Trinajstić information content (AvgIpc) is 3.39. The van der Waals surface area contributed by atoms with E-state index in [-0.39, 0.29) is 10.8 Å². The van der Waals surface area contributed by atoms with Crippen LogP contribution >= 0.6 is 0 Å². The minimum atomic E-state index is -0.639. The Morgan fingerprint density at radius 2 is 1.95 bits per heavy atom. The van der Waals surface area contributed by atoms with Crippen LogP contribution in [0.25, 0.3) is 0 Å². The number of furan rings is 1. The molecule has 5 rings (SSSR count). The Labute approximate surface area is 222 Å². The predicted molar refractivity (Wildman–Crippen MR) is 148 cm³/mol. The van der Waals surface area contributed by atoms with E-state index in [0.717, 1.165) is 42.6 Å². The number of hydrogen-bond acceptors (Lipinski definition) is 4. The van der Waals surface area contributed by atoms with Gasteiger partial charge in [0.05, 0.1) is 30.0 Å². The third kappa shape index (κ3) is 4.97. The maximum absolute atomic E-state index is 11.2. The van der Waals surface area contributed by atoms with Crippen LogP contribution in [0.3, 0.4) is 0 Å². The molecule has 0 radical (unpaired) electrons. The van der Waals surface area contributed by atoms with E-state index in [1.165, 1.54) is 36.8 Å². The molecule has 0 bridgehead atoms. The van der Waals surface area contributed by atoms with Crippen molar-refractivity contribution in [2.75, 3.05) is 0 Å². The summed E-state index contributed by atoms with van der Waals surface area (Å²) in [5.74, 6) is 2.51. The molecule has 7 atom stereocenters. The lowest BCUT2D eigenvalue weighted by molar-refractivity contribution is 0.0862. The van der Waals surface area contributed by atoms with Crippen molar-refractivity contribution in [1.82, 2.24) is 0 Å². The standard InChI is InChI=1S/C33H46O4/c1-5-23-17-31(37-20-23)33(15-16-33)30(36)13-8-21(2)27-11-12-28-24(7-6-14-32(27,28)4)9-10-25-18-26(34)19-29(35)22(25)3/h8-10,13,17,20-21,26-30,34-36H,3,5-7,11-12,14-16,18-19H2,1-2,4H3/t21-,26-,27-,28+,29+,30+,32-/m1/s1. The first-order valence-electron chi connectivity index (χ1n) is 14.6. The van der Waals surface area contributed by atoms with Crippen LogP contribution in [-0.4, -0.2) is 33.6 Å². The van der Waals surface area contributed by atoms with Crippen molar-refractivity contribution in [3.05, 3.63) is 71.3 Å². The maximum atomic E-state index is 11.2. The third-order valence-corrected chi connectivity index (χ3v) is 10.4. The number of hydrogen-bond donors (Lipinski definition) is 3. The number of aliphatic hydroxyl groups is 3. The minimum absolute atomic E-state index is 0.232. The quantitative estimate of drug-likeness (QED) is 0.366. The van der Waals surface area contributed by atoms with E-state index in [4.69, 9.17) is 4.42 Å². The largest absolute Gasteiger partial charge is 0.468 e. The van der Waals surface area contributed by atoms with Crippen molar-refractivity contribution in [3.8, 4) is 0 Å². The lowest BCUT2D eigenvalue weighted by Gasteiger charge is -2.44. The highest BCUT2D eigenvalue weighted by Crippen LogP contribution is 2.60. The summed E-state index contributed by atoms with van der Waals surface area (Å²) in [5.41, 5.74) is 4.49. The van der Waals surface area contributed by atoms with Crippen molar-refractivity contribution in [2.24, 2.45) is 23.2 Å². The van der Waals surface area contributed by atoms with Crippen molar-refractivity contribution in [1.29, 1.82) is 0 Å². The first-order chi connectivity index (χ1) is 17.7. The summed E-state index contributed by atoms with van der Waals surface area (Å²) in [6.07, 6.45) is 18.8. The molecule has 37 heavy (non-hydrogen) atoms. The molecule has 4 nitrogen and oxygen atoms in total. The smallest absolute Gasteiger partial charge is 0.113 e. The zero-order chi connectivity index (χ0) is 26.4. The molecule has 1 heterocycles. The van der Waals surface area contributed by atoms with Crippen LogP contribution in [0.2, 0.25) is 0 Å². The van der Waals surface area contributed by atoms with Gasteiger partial charge >= 0.3 is 0 Å². The molecule has 202 valence electrons. The second kappa shape index (κ2) is 10.4. The predicted octanol–water partition coefficient (Wildman–Crippen LogP) is 6.57. The Morgan fingerprint density at radius 1 is 1.16 bits per heavy atom. The lowest BCUT2D eigenvalue weighted by atomic mass is 9.61. The van der Waals surface area contributed by atoms with Gasteiger partial charge in [0.2, 0.25) is 0 Å². The first kappa shape index (κ1) is 26.7. The van der Waals surface area contributed by atoms with Crippen LogP contribution in [-0.2, 0) is 11.8 Å². The molecular formula is C33H46O4. The van der Waals surface area contributed by atoms with E-state index in [9.17, 15) is 15.3 Å². The number of fused-ring (bicyclic) bond motifs is 1. The van der Waals surface area contributed by atoms with Crippen LogP contribution in [0.5, 0.6) is 0 Å². The minimum Gasteiger partial charge on any atom is -0.468 e. The van der Waals surface area contributed by atoms with Crippen LogP contribution in [0.4, 0.5) is 0 Å². The highest BCUT2D eigenvalue weighted by atomic mass is 16.3. The molecule has 1 aromatic heterocycles. The first-order valence-corrected chi connectivity index (χ1v) is 14.6. The summed E-state index contributed by atoms with van der Waals surface area (Å²) in [6, 6.07) is 2.13. The van der Waals surface area contributed by atoms with Gasteiger partial charge in [-0.2, -0.15) is 0 Å². The zero-order valence-corrected chi connectivity index (χ0v) is 23.0. The van der Waals surface area contributed by atoms with Gasteiger partial charge in [-0.3, -0.25) is 0 Å². The number of aryl methyl sites for hydroxylation is 1. The molecule has 4 fully saturated rings. The fraction of sp³-hybridized carbons (Fsp3) is 0.636. The second-order valence-corrected chi connectivity index (χ2v) is 12.7. The molecule has 0 aliphatic heterocycles. The normalized spacial score (nSPS) is 37.3. The number of rotatable bonds is 7. The second-order valence-electron chi connectivity index (χ2n) is 12.7. The van der Waals surface area contributed by atoms with Gasteiger partial charge in [0.15, 0.2) is 0 Å². The molecular weight excluding hydrogens is 460 g/mol. The highest BCUT2D eigenvalue weighted by molar-refractivity contribution is 5.39. The fourth-order valence-corrected chi connectivity index (χ4v) is 7.85. The zero-order valence-electron chi connectivity index (χ0n) is 23.0. The van der Waals surface area contributed by atoms with Gasteiger partial charge in [-0.15, -0.1) is 0 Å². The van der Waals surface area contributed by atoms with E-state index in [1.54, 1.807) is 0 Å². The lowest BCUT2D eigenvalue weighted by Crippen LogP contribution is -2.35. The summed E-state index contributed by atoms with van der Waals surface area (Å²) in [6.45, 7) is 11.0. The van der Waals surface area contributed by atoms with Gasteiger partial charge in [-0.25, -0.2) is 0 Å². The molecule has 0 aromatic carbocycles. The monoisotopic (exact) mass is 506 g/mol. The van der Waals surface area contributed by atoms with E-state index in [0.29, 0.717) is 30.6 Å². The molecule has 0 spiro atoms. The van der Waals surface area contributed by atoms with Gasteiger partial charge in [0, 0.05) is 6.42 Å². The van der Waals surface area contributed by atoms with Crippen LogP contribution in [0.1, 0.15) is 89.9 Å². The maximum Gasteiger partial charge on any atom is 0.113 e. The van der Waals surface area contributed by atoms with Gasteiger partial charge in [-0.05, 0) is 104 Å². The molecule has 1 aromatic rings. The Hall–Kier alpha value is -1.88. The molecule has 0 unspecified atom stereocenters. The molecule has 0 saturated heterocycles. The summed E-state index contributed by atoms with van der Waals surface area (Å²) in [4.78, 5) is 0. The van der Waals surface area contributed by atoms with Crippen molar-refractivity contribution >= 4 is 0 Å². The number of aliphatic hydroxyl groups excluding tert-OH is 3. The third-order valence-electron chi connectivity index (χ3n) is 10.4. The summed E-state index contributed by atoms with van der Waals surface area (Å²) >= 11 is 0. The fourth-order valence-electron chi connectivity index (χ4n) is 7.85.